The van der Waals surface area contributed by atoms with Crippen molar-refractivity contribution in [3.8, 4) is 0 Å². The van der Waals surface area contributed by atoms with Crippen molar-refractivity contribution in [1.29, 1.82) is 0 Å². The van der Waals surface area contributed by atoms with Crippen LogP contribution in [0.25, 0.3) is 0 Å². The third kappa shape index (κ3) is 4.10. The molecule has 3 fully saturated rings. The van der Waals surface area contributed by atoms with Gasteiger partial charge >= 0.3 is 0 Å². The smallest absolute Gasteiger partial charge is 0.227 e. The first-order chi connectivity index (χ1) is 12.8. The quantitative estimate of drug-likeness (QED) is 0.798. The Morgan fingerprint density at radius 3 is 2.42 bits per heavy atom. The van der Waals surface area contributed by atoms with Crippen molar-refractivity contribution in [1.82, 2.24) is 14.9 Å². The van der Waals surface area contributed by atoms with Crippen LogP contribution in [0, 0.1) is 0 Å². The number of piperidine rings is 1. The highest BCUT2D eigenvalue weighted by molar-refractivity contribution is 5.47. The Kier molecular flexibility index (Phi) is 5.87. The molecule has 4 rings (SSSR count). The minimum atomic E-state index is 0.611. The van der Waals surface area contributed by atoms with Gasteiger partial charge < -0.3 is 19.3 Å². The van der Waals surface area contributed by atoms with Crippen LogP contribution in [0.3, 0.4) is 0 Å². The van der Waals surface area contributed by atoms with Gasteiger partial charge in [0.05, 0.1) is 26.4 Å². The fourth-order valence-corrected chi connectivity index (χ4v) is 4.12. The molecule has 3 saturated heterocycles. The van der Waals surface area contributed by atoms with Crippen LogP contribution in [0.5, 0.6) is 0 Å². The van der Waals surface area contributed by atoms with Crippen LogP contribution in [0.1, 0.15) is 25.5 Å². The summed E-state index contributed by atoms with van der Waals surface area (Å²) in [7, 11) is 0. The molecular weight excluding hydrogens is 330 g/mol. The zero-order valence-electron chi connectivity index (χ0n) is 15.9. The van der Waals surface area contributed by atoms with Crippen LogP contribution < -0.4 is 9.80 Å². The van der Waals surface area contributed by atoms with Crippen LogP contribution >= 0.6 is 0 Å². The fraction of sp³-hybridized carbons (Fsp3) is 0.789. The Labute approximate surface area is 156 Å². The topological polar surface area (TPSA) is 54.0 Å². The maximum absolute atomic E-state index is 5.52. The minimum Gasteiger partial charge on any atom is -0.379 e. The van der Waals surface area contributed by atoms with Crippen LogP contribution in [-0.4, -0.2) is 86.6 Å². The molecule has 0 aromatic carbocycles. The number of hydrogen-bond acceptors (Lipinski definition) is 7. The first-order valence-electron chi connectivity index (χ1n) is 10.1. The van der Waals surface area contributed by atoms with Crippen LogP contribution in [0.4, 0.5) is 11.8 Å². The molecule has 0 unspecified atom stereocenters. The highest BCUT2D eigenvalue weighted by Gasteiger charge is 2.28. The van der Waals surface area contributed by atoms with Gasteiger partial charge in [-0.05, 0) is 19.3 Å². The van der Waals surface area contributed by atoms with E-state index in [1.54, 1.807) is 0 Å². The molecule has 0 bridgehead atoms. The number of aryl methyl sites for hydroxylation is 1. The monoisotopic (exact) mass is 361 g/mol. The molecule has 0 saturated carbocycles. The summed E-state index contributed by atoms with van der Waals surface area (Å²) in [6, 6.07) is 2.80. The van der Waals surface area contributed by atoms with Crippen molar-refractivity contribution in [2.24, 2.45) is 0 Å². The molecule has 1 aromatic rings. The van der Waals surface area contributed by atoms with Crippen molar-refractivity contribution >= 4 is 11.8 Å². The van der Waals surface area contributed by atoms with Gasteiger partial charge in [-0.25, -0.2) is 4.98 Å². The van der Waals surface area contributed by atoms with Crippen molar-refractivity contribution in [3.05, 3.63) is 11.8 Å². The molecule has 0 amide bonds. The number of ether oxygens (including phenoxy) is 2. The lowest BCUT2D eigenvalue weighted by atomic mass is 10.0. The van der Waals surface area contributed by atoms with Gasteiger partial charge in [0.1, 0.15) is 5.82 Å². The van der Waals surface area contributed by atoms with E-state index in [1.807, 2.05) is 0 Å². The molecule has 144 valence electrons. The molecule has 26 heavy (non-hydrogen) atoms. The van der Waals surface area contributed by atoms with Crippen LogP contribution in [0.2, 0.25) is 0 Å². The first-order valence-corrected chi connectivity index (χ1v) is 10.1. The van der Waals surface area contributed by atoms with Gasteiger partial charge in [0.2, 0.25) is 5.95 Å². The van der Waals surface area contributed by atoms with Crippen molar-refractivity contribution in [2.45, 2.75) is 32.2 Å². The lowest BCUT2D eigenvalue weighted by Gasteiger charge is -2.41. The van der Waals surface area contributed by atoms with E-state index in [0.717, 1.165) is 89.6 Å². The Bertz CT molecular complexity index is 587. The van der Waals surface area contributed by atoms with Gasteiger partial charge in [-0.1, -0.05) is 6.92 Å². The second-order valence-corrected chi connectivity index (χ2v) is 7.36. The van der Waals surface area contributed by atoms with Crippen molar-refractivity contribution in [2.75, 3.05) is 75.5 Å². The molecule has 0 aliphatic carbocycles. The summed E-state index contributed by atoms with van der Waals surface area (Å²) >= 11 is 0. The predicted octanol–water partition coefficient (Wildman–Crippen LogP) is 1.18. The van der Waals surface area contributed by atoms with Gasteiger partial charge in [0.15, 0.2) is 0 Å². The van der Waals surface area contributed by atoms with Gasteiger partial charge in [-0.3, -0.25) is 4.90 Å². The molecule has 7 heteroatoms. The average molecular weight is 361 g/mol. The number of anilines is 2. The zero-order chi connectivity index (χ0) is 17.8. The van der Waals surface area contributed by atoms with Gasteiger partial charge in [0.25, 0.3) is 0 Å². The molecule has 0 radical (unpaired) electrons. The van der Waals surface area contributed by atoms with Crippen LogP contribution in [0.15, 0.2) is 6.07 Å². The third-order valence-electron chi connectivity index (χ3n) is 5.69. The predicted molar refractivity (Wildman–Crippen MR) is 102 cm³/mol. The normalized spacial score (nSPS) is 25.5. The third-order valence-corrected chi connectivity index (χ3v) is 5.69. The van der Waals surface area contributed by atoms with E-state index < -0.39 is 0 Å². The molecule has 0 N–H and O–H groups in total. The summed E-state index contributed by atoms with van der Waals surface area (Å²) in [5, 5.41) is 0. The summed E-state index contributed by atoms with van der Waals surface area (Å²) < 4.78 is 11.0. The lowest BCUT2D eigenvalue weighted by Crippen LogP contribution is -2.51. The zero-order valence-corrected chi connectivity index (χ0v) is 15.9. The number of morpholine rings is 2. The molecule has 7 nitrogen and oxygen atoms in total. The maximum Gasteiger partial charge on any atom is 0.227 e. The van der Waals surface area contributed by atoms with Gasteiger partial charge in [-0.15, -0.1) is 0 Å². The Morgan fingerprint density at radius 2 is 1.69 bits per heavy atom. The van der Waals surface area contributed by atoms with Gasteiger partial charge in [0, 0.05) is 57.1 Å². The molecule has 3 aliphatic heterocycles. The molecular formula is C19H31N5O2. The highest BCUT2D eigenvalue weighted by atomic mass is 16.5. The lowest BCUT2D eigenvalue weighted by molar-refractivity contribution is 0.0137. The van der Waals surface area contributed by atoms with E-state index in [-0.39, 0.29) is 0 Å². The Hall–Kier alpha value is -1.44. The highest BCUT2D eigenvalue weighted by Crippen LogP contribution is 2.24. The second kappa shape index (κ2) is 8.50. The van der Waals surface area contributed by atoms with E-state index in [0.29, 0.717) is 6.04 Å². The molecule has 1 atom stereocenters. The van der Waals surface area contributed by atoms with Crippen LogP contribution in [-0.2, 0) is 15.9 Å². The number of rotatable bonds is 4. The van der Waals surface area contributed by atoms with Gasteiger partial charge in [-0.2, -0.15) is 4.98 Å². The Balaban J connectivity index is 1.51. The maximum atomic E-state index is 5.52. The minimum absolute atomic E-state index is 0.611. The summed E-state index contributed by atoms with van der Waals surface area (Å²) in [4.78, 5) is 17.1. The first kappa shape index (κ1) is 17.9. The second-order valence-electron chi connectivity index (χ2n) is 7.36. The summed E-state index contributed by atoms with van der Waals surface area (Å²) in [5.74, 6) is 1.97. The van der Waals surface area contributed by atoms with Crippen molar-refractivity contribution < 1.29 is 9.47 Å². The summed E-state index contributed by atoms with van der Waals surface area (Å²) in [6.07, 6.45) is 3.44. The number of aromatic nitrogens is 2. The summed E-state index contributed by atoms with van der Waals surface area (Å²) in [6.45, 7) is 11.4. The molecule has 4 heterocycles. The molecule has 1 aromatic heterocycles. The molecule has 3 aliphatic rings. The summed E-state index contributed by atoms with van der Waals surface area (Å²) in [5.41, 5.74) is 1.13. The number of hydrogen-bond donors (Lipinski definition) is 0. The largest absolute Gasteiger partial charge is 0.379 e. The van der Waals surface area contributed by atoms with E-state index in [2.05, 4.69) is 27.7 Å². The van der Waals surface area contributed by atoms with E-state index in [4.69, 9.17) is 19.4 Å². The van der Waals surface area contributed by atoms with E-state index >= 15 is 0 Å². The Morgan fingerprint density at radius 1 is 0.962 bits per heavy atom. The average Bonchev–Trinajstić information content (AvgIpc) is 2.75. The van der Waals surface area contributed by atoms with E-state index in [9.17, 15) is 0 Å². The fourth-order valence-electron chi connectivity index (χ4n) is 4.12. The standard InChI is InChI=1S/C19H31N5O2/c1-2-16-14-18(21-19(20-16)23-8-12-26-13-9-23)24-5-3-4-17(15-24)22-6-10-25-11-7-22/h14,17H,2-13,15H2,1H3/t17-/m0/s1. The molecule has 0 spiro atoms. The SMILES string of the molecule is CCc1cc(N2CCC[C@H](N3CCOCC3)C2)nc(N2CCOCC2)n1. The number of nitrogens with zero attached hydrogens (tertiary/aromatic N) is 5. The van der Waals surface area contributed by atoms with Crippen molar-refractivity contribution in [3.63, 3.8) is 0 Å². The van der Waals surface area contributed by atoms with E-state index in [1.165, 1.54) is 12.8 Å².